The van der Waals surface area contributed by atoms with Crippen molar-refractivity contribution in [1.29, 1.82) is 0 Å². The van der Waals surface area contributed by atoms with E-state index in [2.05, 4.69) is 19.2 Å². The maximum atomic E-state index is 12.1. The molecule has 1 heterocycles. The zero-order valence-corrected chi connectivity index (χ0v) is 11.0. The van der Waals surface area contributed by atoms with Crippen LogP contribution in [0.2, 0.25) is 0 Å². The van der Waals surface area contributed by atoms with Crippen molar-refractivity contribution in [2.24, 2.45) is 0 Å². The lowest BCUT2D eigenvalue weighted by molar-refractivity contribution is -0.118. The van der Waals surface area contributed by atoms with Gasteiger partial charge in [0.05, 0.1) is 18.7 Å². The fourth-order valence-corrected chi connectivity index (χ4v) is 2.03. The van der Waals surface area contributed by atoms with Crippen LogP contribution in [0.3, 0.4) is 0 Å². The van der Waals surface area contributed by atoms with Gasteiger partial charge in [-0.25, -0.2) is 0 Å². The van der Waals surface area contributed by atoms with Crippen molar-refractivity contribution in [3.8, 4) is 5.75 Å². The number of ether oxygens (including phenoxy) is 1. The van der Waals surface area contributed by atoms with Gasteiger partial charge in [0.1, 0.15) is 5.75 Å². The number of carbonyl (C=O) groups is 1. The van der Waals surface area contributed by atoms with Gasteiger partial charge in [-0.2, -0.15) is 0 Å². The number of anilines is 1. The lowest BCUT2D eigenvalue weighted by Crippen LogP contribution is -2.38. The second-order valence-electron chi connectivity index (χ2n) is 4.72. The van der Waals surface area contributed by atoms with Crippen molar-refractivity contribution in [2.75, 3.05) is 24.6 Å². The molecule has 4 nitrogen and oxygen atoms in total. The zero-order valence-electron chi connectivity index (χ0n) is 11.0. The Morgan fingerprint density at radius 1 is 1.39 bits per heavy atom. The van der Waals surface area contributed by atoms with Crippen LogP contribution in [0.4, 0.5) is 5.69 Å². The molecule has 1 aromatic rings. The summed E-state index contributed by atoms with van der Waals surface area (Å²) in [7, 11) is 0. The Kier molecular flexibility index (Phi) is 4.20. The molecule has 1 N–H and O–H groups in total. The molecule has 0 fully saturated rings. The van der Waals surface area contributed by atoms with Crippen LogP contribution in [-0.2, 0) is 4.79 Å². The number of benzene rings is 1. The Bertz CT molecular complexity index is 418. The summed E-state index contributed by atoms with van der Waals surface area (Å²) in [6.45, 7) is 6.13. The topological polar surface area (TPSA) is 41.6 Å². The lowest BCUT2D eigenvalue weighted by Gasteiger charge is -2.22. The van der Waals surface area contributed by atoms with Gasteiger partial charge in [-0.15, -0.1) is 0 Å². The van der Waals surface area contributed by atoms with Gasteiger partial charge in [0.2, 0.25) is 5.91 Å². The largest absolute Gasteiger partial charge is 0.491 e. The zero-order chi connectivity index (χ0) is 13.0. The van der Waals surface area contributed by atoms with Gasteiger partial charge < -0.3 is 15.0 Å². The highest BCUT2D eigenvalue weighted by atomic mass is 16.5. The molecule has 98 valence electrons. The second kappa shape index (κ2) is 5.87. The normalized spacial score (nSPS) is 15.3. The molecular formula is C14H20N2O2. The van der Waals surface area contributed by atoms with Gasteiger partial charge in [0.15, 0.2) is 0 Å². The minimum absolute atomic E-state index is 0.130. The first-order valence-corrected chi connectivity index (χ1v) is 6.44. The predicted molar refractivity (Wildman–Crippen MR) is 72.0 cm³/mol. The number of para-hydroxylation sites is 2. The number of hydrogen-bond donors (Lipinski definition) is 1. The molecule has 0 bridgehead atoms. The van der Waals surface area contributed by atoms with E-state index in [4.69, 9.17) is 4.74 Å². The highest BCUT2D eigenvalue weighted by Gasteiger charge is 2.22. The molecule has 0 aliphatic carbocycles. The van der Waals surface area contributed by atoms with Crippen molar-refractivity contribution in [1.82, 2.24) is 5.32 Å². The van der Waals surface area contributed by atoms with E-state index in [-0.39, 0.29) is 5.91 Å². The minimum Gasteiger partial charge on any atom is -0.491 e. The summed E-state index contributed by atoms with van der Waals surface area (Å²) in [6, 6.07) is 8.15. The number of nitrogens with zero attached hydrogens (tertiary/aromatic N) is 1. The smallest absolute Gasteiger partial charge is 0.230 e. The van der Waals surface area contributed by atoms with Gasteiger partial charge in [-0.3, -0.25) is 4.79 Å². The summed E-state index contributed by atoms with van der Waals surface area (Å²) in [5.74, 6) is 0.929. The molecule has 1 aliphatic heterocycles. The predicted octanol–water partition coefficient (Wildman–Crippen LogP) is 1.80. The number of amides is 1. The second-order valence-corrected chi connectivity index (χ2v) is 4.72. The van der Waals surface area contributed by atoms with Crippen molar-refractivity contribution >= 4 is 11.6 Å². The number of nitrogens with one attached hydrogen (secondary N) is 1. The van der Waals surface area contributed by atoms with E-state index in [0.29, 0.717) is 25.6 Å². The molecule has 1 aromatic carbocycles. The molecule has 0 radical (unpaired) electrons. The fraction of sp³-hybridized carbons (Fsp3) is 0.500. The minimum atomic E-state index is 0.130. The molecule has 4 heteroatoms. The summed E-state index contributed by atoms with van der Waals surface area (Å²) >= 11 is 0. The maximum Gasteiger partial charge on any atom is 0.230 e. The third-order valence-corrected chi connectivity index (χ3v) is 2.92. The van der Waals surface area contributed by atoms with E-state index in [9.17, 15) is 4.79 Å². The van der Waals surface area contributed by atoms with Crippen LogP contribution in [0.15, 0.2) is 24.3 Å². The molecular weight excluding hydrogens is 228 g/mol. The Morgan fingerprint density at radius 2 is 2.17 bits per heavy atom. The van der Waals surface area contributed by atoms with E-state index in [0.717, 1.165) is 18.0 Å². The number of carbonyl (C=O) groups excluding carboxylic acids is 1. The van der Waals surface area contributed by atoms with Crippen LogP contribution in [0, 0.1) is 0 Å². The monoisotopic (exact) mass is 248 g/mol. The quantitative estimate of drug-likeness (QED) is 0.883. The van der Waals surface area contributed by atoms with Crippen LogP contribution < -0.4 is 15.0 Å². The molecule has 2 rings (SSSR count). The number of fused-ring (bicyclic) bond motifs is 1. The molecule has 0 spiro atoms. The Hall–Kier alpha value is -1.55. The van der Waals surface area contributed by atoms with E-state index in [1.165, 1.54) is 0 Å². The summed E-state index contributed by atoms with van der Waals surface area (Å²) in [5, 5.41) is 3.33. The summed E-state index contributed by atoms with van der Waals surface area (Å²) in [4.78, 5) is 13.9. The molecule has 0 aromatic heterocycles. The number of rotatable bonds is 4. The Balaban J connectivity index is 2.13. The first-order valence-electron chi connectivity index (χ1n) is 6.44. The van der Waals surface area contributed by atoms with Crippen LogP contribution in [0.5, 0.6) is 5.75 Å². The molecule has 1 aliphatic rings. The van der Waals surface area contributed by atoms with E-state index in [1.807, 2.05) is 29.2 Å². The third-order valence-electron chi connectivity index (χ3n) is 2.92. The molecule has 0 saturated heterocycles. The third kappa shape index (κ3) is 3.01. The van der Waals surface area contributed by atoms with Crippen LogP contribution in [0.25, 0.3) is 0 Å². The highest BCUT2D eigenvalue weighted by Crippen LogP contribution is 2.30. The van der Waals surface area contributed by atoms with Crippen molar-refractivity contribution in [2.45, 2.75) is 26.3 Å². The van der Waals surface area contributed by atoms with Gasteiger partial charge >= 0.3 is 0 Å². The molecule has 0 atom stereocenters. The average Bonchev–Trinajstić information content (AvgIpc) is 2.49. The Labute approximate surface area is 108 Å². The van der Waals surface area contributed by atoms with Crippen molar-refractivity contribution < 1.29 is 9.53 Å². The van der Waals surface area contributed by atoms with Gasteiger partial charge in [0.25, 0.3) is 0 Å². The van der Waals surface area contributed by atoms with Gasteiger partial charge in [-0.05, 0) is 12.1 Å². The summed E-state index contributed by atoms with van der Waals surface area (Å²) < 4.78 is 5.59. The SMILES string of the molecule is CC(C)NCCN1C(=O)CCOc2ccccc21. The van der Waals surface area contributed by atoms with Crippen LogP contribution >= 0.6 is 0 Å². The van der Waals surface area contributed by atoms with Crippen LogP contribution in [0.1, 0.15) is 20.3 Å². The first kappa shape index (κ1) is 12.9. The summed E-state index contributed by atoms with van der Waals surface area (Å²) in [6.07, 6.45) is 0.441. The Morgan fingerprint density at radius 3 is 2.94 bits per heavy atom. The van der Waals surface area contributed by atoms with Crippen molar-refractivity contribution in [3.63, 3.8) is 0 Å². The fourth-order valence-electron chi connectivity index (χ4n) is 2.03. The maximum absolute atomic E-state index is 12.1. The van der Waals surface area contributed by atoms with E-state index >= 15 is 0 Å². The number of hydrogen-bond acceptors (Lipinski definition) is 3. The molecule has 0 unspecified atom stereocenters. The molecule has 0 saturated carbocycles. The van der Waals surface area contributed by atoms with Gasteiger partial charge in [0, 0.05) is 19.1 Å². The summed E-state index contributed by atoms with van der Waals surface area (Å²) in [5.41, 5.74) is 0.880. The first-order chi connectivity index (χ1) is 8.68. The molecule has 18 heavy (non-hydrogen) atoms. The molecule has 1 amide bonds. The average molecular weight is 248 g/mol. The van der Waals surface area contributed by atoms with Crippen LogP contribution in [-0.4, -0.2) is 31.6 Å². The van der Waals surface area contributed by atoms with E-state index in [1.54, 1.807) is 0 Å². The highest BCUT2D eigenvalue weighted by molar-refractivity contribution is 5.95. The van der Waals surface area contributed by atoms with E-state index < -0.39 is 0 Å². The lowest BCUT2D eigenvalue weighted by atomic mass is 10.2. The van der Waals surface area contributed by atoms with Gasteiger partial charge in [-0.1, -0.05) is 26.0 Å². The van der Waals surface area contributed by atoms with Crippen molar-refractivity contribution in [3.05, 3.63) is 24.3 Å². The standard InChI is InChI=1S/C14H20N2O2/c1-11(2)15-8-9-16-12-5-3-4-6-13(12)18-10-7-14(16)17/h3-6,11,15H,7-10H2,1-2H3.